The monoisotopic (exact) mass is 303 g/mol. The van der Waals surface area contributed by atoms with Crippen LogP contribution in [0.25, 0.3) is 0 Å². The van der Waals surface area contributed by atoms with E-state index in [0.717, 1.165) is 12.8 Å². The van der Waals surface area contributed by atoms with Crippen molar-refractivity contribution in [3.63, 3.8) is 0 Å². The molecule has 0 aliphatic carbocycles. The molecule has 19 heavy (non-hydrogen) atoms. The van der Waals surface area contributed by atoms with Gasteiger partial charge in [-0.25, -0.2) is 8.42 Å². The molecular weight excluding hydrogens is 290 g/mol. The van der Waals surface area contributed by atoms with Gasteiger partial charge in [0, 0.05) is 29.3 Å². The average molecular weight is 304 g/mol. The Kier molecular flexibility index (Phi) is 4.01. The molecule has 0 radical (unpaired) electrons. The largest absolute Gasteiger partial charge is 0.495 e. The zero-order valence-electron chi connectivity index (χ0n) is 10.4. The lowest BCUT2D eigenvalue weighted by Gasteiger charge is -2.27. The molecule has 0 unspecified atom stereocenters. The highest BCUT2D eigenvalue weighted by Crippen LogP contribution is 2.32. The lowest BCUT2D eigenvalue weighted by atomic mass is 10.1. The first-order valence-corrected chi connectivity index (χ1v) is 8.17. The molecule has 5 nitrogen and oxygen atoms in total. The Morgan fingerprint density at radius 2 is 2.05 bits per heavy atom. The minimum atomic E-state index is -3.91. The number of halogens is 1. The number of amides is 1. The second-order valence-electron chi connectivity index (χ2n) is 4.28. The summed E-state index contributed by atoms with van der Waals surface area (Å²) in [4.78, 5) is 13.3. The number of nitrogens with zero attached hydrogens (tertiary/aromatic N) is 1. The van der Waals surface area contributed by atoms with Gasteiger partial charge in [0.25, 0.3) is 9.05 Å². The number of methoxy groups -OCH3 is 1. The van der Waals surface area contributed by atoms with Gasteiger partial charge in [0.05, 0.1) is 7.11 Å². The summed E-state index contributed by atoms with van der Waals surface area (Å²) >= 11 is 0. The predicted octanol–water partition coefficient (Wildman–Crippen LogP) is 2.14. The molecule has 1 heterocycles. The van der Waals surface area contributed by atoms with Crippen LogP contribution in [0.4, 0.5) is 5.69 Å². The molecule has 2 rings (SSSR count). The second-order valence-corrected chi connectivity index (χ2v) is 6.81. The van der Waals surface area contributed by atoms with E-state index in [0.29, 0.717) is 18.7 Å². The molecule has 1 aliphatic heterocycles. The van der Waals surface area contributed by atoms with Gasteiger partial charge in [-0.3, -0.25) is 4.79 Å². The lowest BCUT2D eigenvalue weighted by Crippen LogP contribution is -2.35. The van der Waals surface area contributed by atoms with Gasteiger partial charge < -0.3 is 9.64 Å². The van der Waals surface area contributed by atoms with Crippen molar-refractivity contribution in [1.82, 2.24) is 0 Å². The van der Waals surface area contributed by atoms with E-state index in [1.165, 1.54) is 19.2 Å². The van der Waals surface area contributed by atoms with Crippen LogP contribution in [0.5, 0.6) is 5.75 Å². The highest BCUT2D eigenvalue weighted by molar-refractivity contribution is 8.13. The number of carbonyl (C=O) groups excluding carboxylic acids is 1. The van der Waals surface area contributed by atoms with Gasteiger partial charge in [-0.1, -0.05) is 0 Å². The van der Waals surface area contributed by atoms with Gasteiger partial charge in [0.1, 0.15) is 10.6 Å². The van der Waals surface area contributed by atoms with Gasteiger partial charge in [-0.2, -0.15) is 0 Å². The van der Waals surface area contributed by atoms with E-state index in [-0.39, 0.29) is 16.6 Å². The first kappa shape index (κ1) is 14.1. The molecule has 1 aliphatic rings. The number of piperidine rings is 1. The number of anilines is 1. The molecular formula is C12H14ClNO4S. The molecule has 0 atom stereocenters. The third-order valence-corrected chi connectivity index (χ3v) is 4.39. The summed E-state index contributed by atoms with van der Waals surface area (Å²) in [6, 6.07) is 4.55. The Morgan fingerprint density at radius 1 is 1.32 bits per heavy atom. The van der Waals surface area contributed by atoms with Crippen LogP contribution < -0.4 is 9.64 Å². The molecule has 0 N–H and O–H groups in total. The molecule has 104 valence electrons. The number of hydrogen-bond acceptors (Lipinski definition) is 4. The second kappa shape index (κ2) is 5.38. The van der Waals surface area contributed by atoms with E-state index in [1.807, 2.05) is 0 Å². The van der Waals surface area contributed by atoms with Crippen LogP contribution in [0.15, 0.2) is 23.1 Å². The van der Waals surface area contributed by atoms with Gasteiger partial charge >= 0.3 is 0 Å². The van der Waals surface area contributed by atoms with Crippen molar-refractivity contribution in [2.24, 2.45) is 0 Å². The normalized spacial score (nSPS) is 16.5. The first-order chi connectivity index (χ1) is 8.93. The fourth-order valence-corrected chi connectivity index (χ4v) is 3.12. The minimum absolute atomic E-state index is 0.00524. The Morgan fingerprint density at radius 3 is 2.63 bits per heavy atom. The standard InChI is InChI=1S/C12H14ClNO4S/c1-18-10-6-5-9(8-11(10)19(13,16)17)14-7-3-2-4-12(14)15/h5-6,8H,2-4,7H2,1H3. The van der Waals surface area contributed by atoms with Crippen LogP contribution in [-0.4, -0.2) is 28.0 Å². The predicted molar refractivity (Wildman–Crippen MR) is 72.2 cm³/mol. The maximum atomic E-state index is 11.8. The fourth-order valence-electron chi connectivity index (χ4n) is 2.10. The fraction of sp³-hybridized carbons (Fsp3) is 0.417. The van der Waals surface area contributed by atoms with Crippen molar-refractivity contribution in [2.45, 2.75) is 24.2 Å². The maximum Gasteiger partial charge on any atom is 0.265 e. The van der Waals surface area contributed by atoms with Crippen molar-refractivity contribution in [3.8, 4) is 5.75 Å². The number of ether oxygens (including phenoxy) is 1. The van der Waals surface area contributed by atoms with Crippen molar-refractivity contribution in [2.75, 3.05) is 18.6 Å². The molecule has 0 spiro atoms. The molecule has 0 aromatic heterocycles. The molecule has 1 saturated heterocycles. The summed E-state index contributed by atoms with van der Waals surface area (Å²) < 4.78 is 28.0. The maximum absolute atomic E-state index is 11.8. The smallest absolute Gasteiger partial charge is 0.265 e. The van der Waals surface area contributed by atoms with E-state index in [4.69, 9.17) is 15.4 Å². The Bertz CT molecular complexity index is 600. The molecule has 1 amide bonds. The summed E-state index contributed by atoms with van der Waals surface area (Å²) in [7, 11) is 2.83. The molecule has 0 bridgehead atoms. The Labute approximate surface area is 116 Å². The lowest BCUT2D eigenvalue weighted by molar-refractivity contribution is -0.119. The molecule has 1 aromatic carbocycles. The Hall–Kier alpha value is -1.27. The van der Waals surface area contributed by atoms with Crippen LogP contribution in [0.3, 0.4) is 0 Å². The summed E-state index contributed by atoms with van der Waals surface area (Å²) in [5, 5.41) is 0. The third-order valence-electron chi connectivity index (χ3n) is 3.04. The van der Waals surface area contributed by atoms with Gasteiger partial charge in [-0.05, 0) is 31.0 Å². The topological polar surface area (TPSA) is 63.7 Å². The molecule has 1 aromatic rings. The van der Waals surface area contributed by atoms with Crippen molar-refractivity contribution < 1.29 is 17.9 Å². The van der Waals surface area contributed by atoms with Gasteiger partial charge in [-0.15, -0.1) is 0 Å². The average Bonchev–Trinajstić information content (AvgIpc) is 2.37. The molecule has 7 heteroatoms. The van der Waals surface area contributed by atoms with E-state index < -0.39 is 9.05 Å². The van der Waals surface area contributed by atoms with E-state index >= 15 is 0 Å². The van der Waals surface area contributed by atoms with E-state index in [9.17, 15) is 13.2 Å². The molecule has 0 saturated carbocycles. The third kappa shape index (κ3) is 3.01. The number of hydrogen-bond donors (Lipinski definition) is 0. The van der Waals surface area contributed by atoms with Crippen LogP contribution in [0, 0.1) is 0 Å². The van der Waals surface area contributed by atoms with Crippen LogP contribution in [0.1, 0.15) is 19.3 Å². The summed E-state index contributed by atoms with van der Waals surface area (Å²) in [5.74, 6) is 0.164. The van der Waals surface area contributed by atoms with Crippen LogP contribution in [0.2, 0.25) is 0 Å². The minimum Gasteiger partial charge on any atom is -0.495 e. The van der Waals surface area contributed by atoms with Crippen molar-refractivity contribution >= 4 is 31.3 Å². The Balaban J connectivity index is 2.46. The quantitative estimate of drug-likeness (QED) is 0.803. The zero-order valence-corrected chi connectivity index (χ0v) is 12.0. The number of benzene rings is 1. The highest BCUT2D eigenvalue weighted by atomic mass is 35.7. The first-order valence-electron chi connectivity index (χ1n) is 5.86. The number of rotatable bonds is 3. The van der Waals surface area contributed by atoms with Gasteiger partial charge in [0.2, 0.25) is 5.91 Å². The SMILES string of the molecule is COc1ccc(N2CCCCC2=O)cc1S(=O)(=O)Cl. The summed E-state index contributed by atoms with van der Waals surface area (Å²) in [6.45, 7) is 0.590. The van der Waals surface area contributed by atoms with E-state index in [2.05, 4.69) is 0 Å². The zero-order chi connectivity index (χ0) is 14.0. The highest BCUT2D eigenvalue weighted by Gasteiger charge is 2.23. The van der Waals surface area contributed by atoms with Crippen LogP contribution in [-0.2, 0) is 13.8 Å². The molecule has 1 fully saturated rings. The van der Waals surface area contributed by atoms with E-state index in [1.54, 1.807) is 11.0 Å². The van der Waals surface area contributed by atoms with Crippen LogP contribution >= 0.6 is 10.7 Å². The van der Waals surface area contributed by atoms with Gasteiger partial charge in [0.15, 0.2) is 0 Å². The van der Waals surface area contributed by atoms with Crippen molar-refractivity contribution in [1.29, 1.82) is 0 Å². The van der Waals surface area contributed by atoms with Crippen molar-refractivity contribution in [3.05, 3.63) is 18.2 Å². The summed E-state index contributed by atoms with van der Waals surface area (Å²) in [5.41, 5.74) is 0.532. The number of carbonyl (C=O) groups is 1. The summed E-state index contributed by atoms with van der Waals surface area (Å²) in [6.07, 6.45) is 2.25.